The largest absolute Gasteiger partial charge is 0.365 e. The fraction of sp³-hybridized carbons (Fsp3) is 0.440. The lowest BCUT2D eigenvalue weighted by Crippen LogP contribution is -2.29. The molecule has 1 aliphatic heterocycles. The van der Waals surface area contributed by atoms with Gasteiger partial charge in [-0.1, -0.05) is 26.0 Å². The molecule has 1 amide bonds. The van der Waals surface area contributed by atoms with Crippen molar-refractivity contribution in [2.45, 2.75) is 32.7 Å². The van der Waals surface area contributed by atoms with Gasteiger partial charge in [-0.2, -0.15) is 5.10 Å². The second kappa shape index (κ2) is 11.0. The Bertz CT molecular complexity index is 1130. The minimum atomic E-state index is -0.170. The molecule has 0 aliphatic carbocycles. The molecule has 8 nitrogen and oxygen atoms in total. The van der Waals surface area contributed by atoms with Crippen molar-refractivity contribution in [3.63, 3.8) is 0 Å². The molecule has 2 aromatic heterocycles. The second-order valence-electron chi connectivity index (χ2n) is 8.16. The van der Waals surface area contributed by atoms with Crippen molar-refractivity contribution >= 4 is 22.6 Å². The van der Waals surface area contributed by atoms with Crippen molar-refractivity contribution in [2.75, 3.05) is 39.0 Å². The quantitative estimate of drug-likeness (QED) is 0.620. The lowest BCUT2D eigenvalue weighted by Gasteiger charge is -2.26. The molecule has 0 spiro atoms. The number of rotatable bonds is 6. The van der Waals surface area contributed by atoms with Gasteiger partial charge in [0.15, 0.2) is 5.82 Å². The number of aromatic nitrogens is 3. The average Bonchev–Trinajstić information content (AvgIpc) is 3.38. The number of hydrogen-bond donors (Lipinski definition) is 1. The van der Waals surface area contributed by atoms with E-state index in [-0.39, 0.29) is 17.5 Å². The second-order valence-corrected chi connectivity index (χ2v) is 8.16. The van der Waals surface area contributed by atoms with Gasteiger partial charge in [0.2, 0.25) is 0 Å². The van der Waals surface area contributed by atoms with Crippen molar-refractivity contribution in [3.05, 3.63) is 64.1 Å². The smallest absolute Gasteiger partial charge is 0.276 e. The maximum atomic E-state index is 12.6. The molecule has 3 aromatic rings. The van der Waals surface area contributed by atoms with E-state index in [4.69, 9.17) is 0 Å². The van der Waals surface area contributed by atoms with Gasteiger partial charge >= 0.3 is 0 Å². The first-order chi connectivity index (χ1) is 16.0. The molecule has 0 saturated carbocycles. The molecular weight excluding hydrogens is 416 g/mol. The molecule has 1 aliphatic rings. The molecule has 8 heteroatoms. The topological polar surface area (TPSA) is 83.4 Å². The highest BCUT2D eigenvalue weighted by Gasteiger charge is 2.21. The number of aryl methyl sites for hydroxylation is 1. The average molecular weight is 451 g/mol. The minimum Gasteiger partial charge on any atom is -0.365 e. The lowest BCUT2D eigenvalue weighted by molar-refractivity contribution is 0.0793. The predicted molar refractivity (Wildman–Crippen MR) is 133 cm³/mol. The van der Waals surface area contributed by atoms with Gasteiger partial charge in [-0.25, -0.2) is 4.68 Å². The number of nitrogens with zero attached hydrogens (tertiary/aromatic N) is 5. The molecule has 1 aromatic carbocycles. The van der Waals surface area contributed by atoms with E-state index in [1.807, 2.05) is 57.1 Å². The highest BCUT2D eigenvalue weighted by molar-refractivity contribution is 5.94. The highest BCUT2D eigenvalue weighted by atomic mass is 16.2. The maximum absolute atomic E-state index is 12.6. The van der Waals surface area contributed by atoms with Gasteiger partial charge in [0.25, 0.3) is 11.5 Å². The van der Waals surface area contributed by atoms with Crippen LogP contribution in [0, 0.1) is 0 Å². The number of hydrogen-bond acceptors (Lipinski definition) is 6. The predicted octanol–water partition coefficient (Wildman–Crippen LogP) is 3.31. The number of fused-ring (bicyclic) bond motifs is 1. The number of nitrogens with one attached hydrogen (secondary N) is 1. The Balaban J connectivity index is 0.00000149. The highest BCUT2D eigenvalue weighted by Crippen LogP contribution is 2.22. The van der Waals surface area contributed by atoms with Gasteiger partial charge in [0, 0.05) is 38.4 Å². The summed E-state index contributed by atoms with van der Waals surface area (Å²) in [6, 6.07) is 11.4. The van der Waals surface area contributed by atoms with Crippen LogP contribution < -0.4 is 10.9 Å². The van der Waals surface area contributed by atoms with Crippen molar-refractivity contribution < 1.29 is 4.79 Å². The lowest BCUT2D eigenvalue weighted by atomic mass is 10.0. The van der Waals surface area contributed by atoms with E-state index in [1.54, 1.807) is 25.4 Å². The molecule has 1 unspecified atom stereocenters. The molecular formula is C25H34N6O2. The number of likely N-dealkylation sites (tertiary alicyclic amines) is 1. The summed E-state index contributed by atoms with van der Waals surface area (Å²) in [6.45, 7) is 6.27. The zero-order chi connectivity index (χ0) is 24.0. The Morgan fingerprint density at radius 1 is 1.12 bits per heavy atom. The first-order valence-electron chi connectivity index (χ1n) is 11.6. The molecule has 1 atom stereocenters. The van der Waals surface area contributed by atoms with Crippen LogP contribution in [0.3, 0.4) is 0 Å². The molecule has 176 valence electrons. The van der Waals surface area contributed by atoms with E-state index in [9.17, 15) is 9.59 Å². The van der Waals surface area contributed by atoms with Crippen LogP contribution in [-0.2, 0) is 7.05 Å². The Morgan fingerprint density at radius 2 is 1.79 bits per heavy atom. The summed E-state index contributed by atoms with van der Waals surface area (Å²) >= 11 is 0. The van der Waals surface area contributed by atoms with Crippen LogP contribution in [0.5, 0.6) is 0 Å². The van der Waals surface area contributed by atoms with Crippen LogP contribution in [0.4, 0.5) is 5.82 Å². The van der Waals surface area contributed by atoms with Crippen LogP contribution in [0.25, 0.3) is 10.9 Å². The first-order valence-corrected chi connectivity index (χ1v) is 11.6. The van der Waals surface area contributed by atoms with Crippen molar-refractivity contribution in [2.24, 2.45) is 7.05 Å². The molecule has 4 rings (SSSR count). The van der Waals surface area contributed by atoms with Crippen molar-refractivity contribution in [3.8, 4) is 0 Å². The van der Waals surface area contributed by atoms with E-state index >= 15 is 0 Å². The zero-order valence-corrected chi connectivity index (χ0v) is 20.2. The van der Waals surface area contributed by atoms with Gasteiger partial charge in [-0.15, -0.1) is 0 Å². The summed E-state index contributed by atoms with van der Waals surface area (Å²) < 4.78 is 1.33. The van der Waals surface area contributed by atoms with Crippen LogP contribution >= 0.6 is 0 Å². The number of pyridine rings is 1. The Kier molecular flexibility index (Phi) is 8.16. The number of carbonyl (C=O) groups excluding carboxylic acids is 1. The third-order valence-corrected chi connectivity index (χ3v) is 5.83. The summed E-state index contributed by atoms with van der Waals surface area (Å²) in [7, 11) is 5.67. The van der Waals surface area contributed by atoms with Gasteiger partial charge in [-0.05, 0) is 56.8 Å². The number of likely N-dealkylation sites (N-methyl/N-ethyl adjacent to an activating group) is 1. The Labute approximate surface area is 195 Å². The summed E-state index contributed by atoms with van der Waals surface area (Å²) in [6.07, 6.45) is 3.83. The maximum Gasteiger partial charge on any atom is 0.276 e. The molecule has 0 bridgehead atoms. The van der Waals surface area contributed by atoms with Crippen LogP contribution in [0.1, 0.15) is 48.7 Å². The Hall–Kier alpha value is -3.26. The molecule has 3 heterocycles. The van der Waals surface area contributed by atoms with E-state index in [1.165, 1.54) is 4.68 Å². The summed E-state index contributed by atoms with van der Waals surface area (Å²) in [5.74, 6) is 0.681. The van der Waals surface area contributed by atoms with E-state index in [0.717, 1.165) is 37.1 Å². The minimum absolute atomic E-state index is 0.0498. The van der Waals surface area contributed by atoms with E-state index < -0.39 is 0 Å². The molecule has 0 radical (unpaired) electrons. The Morgan fingerprint density at radius 3 is 2.42 bits per heavy atom. The van der Waals surface area contributed by atoms with E-state index in [2.05, 4.69) is 20.3 Å². The summed E-state index contributed by atoms with van der Waals surface area (Å²) in [4.78, 5) is 33.3. The van der Waals surface area contributed by atoms with Gasteiger partial charge in [0.05, 0.1) is 11.4 Å². The third-order valence-electron chi connectivity index (χ3n) is 5.83. The first kappa shape index (κ1) is 24.4. The molecule has 1 fully saturated rings. The normalized spacial score (nSPS) is 14.2. The van der Waals surface area contributed by atoms with Gasteiger partial charge in [0.1, 0.15) is 5.52 Å². The van der Waals surface area contributed by atoms with Gasteiger partial charge in [-0.3, -0.25) is 14.6 Å². The van der Waals surface area contributed by atoms with Crippen molar-refractivity contribution in [1.82, 2.24) is 24.6 Å². The summed E-state index contributed by atoms with van der Waals surface area (Å²) in [5, 5.41) is 8.27. The molecule has 1 saturated heterocycles. The van der Waals surface area contributed by atoms with Gasteiger partial charge < -0.3 is 15.1 Å². The fourth-order valence-electron chi connectivity index (χ4n) is 4.05. The SMILES string of the molecule is CC.CN(C)C(CNc1nn(C)c(=O)c2cccnc12)c1ccc(C(=O)N2CCCC2)cc1. The number of anilines is 1. The standard InChI is InChI=1S/C23H28N6O2.C2H6/c1-27(2)19(16-8-10-17(11-9-16)22(30)29-13-4-5-14-29)15-25-21-20-18(7-6-12-24-20)23(31)28(3)26-21;1-2/h6-12,19H,4-5,13-15H2,1-3H3,(H,25,26);1-2H3. The number of carbonyl (C=O) groups is 1. The van der Waals surface area contributed by atoms with E-state index in [0.29, 0.717) is 23.3 Å². The summed E-state index contributed by atoms with van der Waals surface area (Å²) in [5.41, 5.74) is 2.22. The van der Waals surface area contributed by atoms with Crippen LogP contribution in [-0.4, -0.2) is 64.2 Å². The third kappa shape index (κ3) is 5.39. The van der Waals surface area contributed by atoms with Crippen LogP contribution in [0.15, 0.2) is 47.4 Å². The zero-order valence-electron chi connectivity index (χ0n) is 20.2. The van der Waals surface area contributed by atoms with Crippen LogP contribution in [0.2, 0.25) is 0 Å². The fourth-order valence-corrected chi connectivity index (χ4v) is 4.05. The number of benzene rings is 1. The molecule has 1 N–H and O–H groups in total. The monoisotopic (exact) mass is 450 g/mol. The molecule has 33 heavy (non-hydrogen) atoms. The number of amides is 1. The van der Waals surface area contributed by atoms with Crippen molar-refractivity contribution in [1.29, 1.82) is 0 Å².